The van der Waals surface area contributed by atoms with Gasteiger partial charge in [0.2, 0.25) is 5.96 Å². The summed E-state index contributed by atoms with van der Waals surface area (Å²) in [6.07, 6.45) is 1.00. The van der Waals surface area contributed by atoms with Crippen LogP contribution in [0.5, 0.6) is 0 Å². The van der Waals surface area contributed by atoms with Gasteiger partial charge in [0.1, 0.15) is 0 Å². The lowest BCUT2D eigenvalue weighted by atomic mass is 10.0. The van der Waals surface area contributed by atoms with Gasteiger partial charge in [0.15, 0.2) is 0 Å². The number of rotatable bonds is 6. The number of nitrogens with one attached hydrogen (secondary N) is 2. The molecular weight excluding hydrogens is 204 g/mol. The number of ether oxygens (including phenoxy) is 1. The fourth-order valence-electron chi connectivity index (χ4n) is 1.52. The number of hydrogen-bond acceptors (Lipinski definition) is 3. The van der Waals surface area contributed by atoms with Gasteiger partial charge < -0.3 is 10.1 Å². The summed E-state index contributed by atoms with van der Waals surface area (Å²) < 4.78 is 5.04. The molecule has 0 aliphatic rings. The topological polar surface area (TPSA) is 71.7 Å². The molecule has 5 nitrogen and oxygen atoms in total. The Morgan fingerprint density at radius 2 is 2.00 bits per heavy atom. The van der Waals surface area contributed by atoms with Crippen molar-refractivity contribution < 1.29 is 4.74 Å². The average molecular weight is 230 g/mol. The Bertz CT molecular complexity index is 206. The van der Waals surface area contributed by atoms with Gasteiger partial charge in [-0.3, -0.25) is 5.43 Å². The molecule has 96 valence electrons. The molecular formula is C11H26N4O. The van der Waals surface area contributed by atoms with E-state index >= 15 is 0 Å². The van der Waals surface area contributed by atoms with Crippen molar-refractivity contribution in [2.45, 2.75) is 46.2 Å². The largest absolute Gasteiger partial charge is 0.383 e. The van der Waals surface area contributed by atoms with E-state index in [-0.39, 0.29) is 12.1 Å². The highest BCUT2D eigenvalue weighted by molar-refractivity contribution is 5.79. The van der Waals surface area contributed by atoms with Crippen molar-refractivity contribution in [1.82, 2.24) is 10.7 Å². The summed E-state index contributed by atoms with van der Waals surface area (Å²) >= 11 is 0. The molecule has 0 spiro atoms. The first-order valence-corrected chi connectivity index (χ1v) is 5.85. The van der Waals surface area contributed by atoms with Crippen LogP contribution in [-0.2, 0) is 4.74 Å². The second kappa shape index (κ2) is 8.35. The first-order chi connectivity index (χ1) is 7.54. The lowest BCUT2D eigenvalue weighted by Gasteiger charge is -2.20. The van der Waals surface area contributed by atoms with Crippen molar-refractivity contribution in [3.05, 3.63) is 0 Å². The monoisotopic (exact) mass is 230 g/mol. The second-order valence-electron chi connectivity index (χ2n) is 4.34. The van der Waals surface area contributed by atoms with Crippen molar-refractivity contribution in [2.24, 2.45) is 16.8 Å². The van der Waals surface area contributed by atoms with Crippen molar-refractivity contribution in [3.63, 3.8) is 0 Å². The maximum absolute atomic E-state index is 5.44. The minimum atomic E-state index is 0.185. The molecule has 0 aliphatic carbocycles. The standard InChI is InChI=1S/C11H26N4O/c1-6-10(8(2)3)14-11(15-12)13-9(4)7-16-5/h8-10H,6-7,12H2,1-5H3,(H2,13,14,15). The molecule has 0 fully saturated rings. The molecule has 0 aromatic heterocycles. The van der Waals surface area contributed by atoms with Crippen LogP contribution in [0.4, 0.5) is 0 Å². The van der Waals surface area contributed by atoms with Gasteiger partial charge in [-0.2, -0.15) is 0 Å². The predicted molar refractivity (Wildman–Crippen MR) is 68.1 cm³/mol. The first-order valence-electron chi connectivity index (χ1n) is 5.85. The highest BCUT2D eigenvalue weighted by Crippen LogP contribution is 2.09. The summed E-state index contributed by atoms with van der Waals surface area (Å²) in [5, 5.41) is 3.18. The number of nitrogens with two attached hydrogens (primary N) is 1. The maximum Gasteiger partial charge on any atom is 0.206 e. The molecule has 0 aromatic carbocycles. The predicted octanol–water partition coefficient (Wildman–Crippen LogP) is 0.865. The Balaban J connectivity index is 4.39. The molecule has 0 bridgehead atoms. The summed E-state index contributed by atoms with van der Waals surface area (Å²) in [4.78, 5) is 4.55. The molecule has 2 unspecified atom stereocenters. The first kappa shape index (κ1) is 15.2. The fourth-order valence-corrected chi connectivity index (χ4v) is 1.52. The van der Waals surface area contributed by atoms with E-state index in [9.17, 15) is 0 Å². The van der Waals surface area contributed by atoms with Gasteiger partial charge in [0.25, 0.3) is 0 Å². The van der Waals surface area contributed by atoms with Crippen LogP contribution >= 0.6 is 0 Å². The van der Waals surface area contributed by atoms with Crippen molar-refractivity contribution in [3.8, 4) is 0 Å². The van der Waals surface area contributed by atoms with Gasteiger partial charge in [0.05, 0.1) is 12.6 Å². The number of aliphatic imine (C=N–C) groups is 1. The van der Waals surface area contributed by atoms with Crippen LogP contribution in [0.15, 0.2) is 4.99 Å². The van der Waals surface area contributed by atoms with Crippen molar-refractivity contribution in [1.29, 1.82) is 0 Å². The van der Waals surface area contributed by atoms with E-state index < -0.39 is 0 Å². The van der Waals surface area contributed by atoms with Gasteiger partial charge in [-0.1, -0.05) is 20.8 Å². The van der Waals surface area contributed by atoms with E-state index in [1.807, 2.05) is 6.92 Å². The summed E-state index contributed by atoms with van der Waals surface area (Å²) in [6.45, 7) is 9.08. The molecule has 0 aromatic rings. The van der Waals surface area contributed by atoms with Crippen LogP contribution in [-0.4, -0.2) is 31.8 Å². The normalized spacial score (nSPS) is 16.1. The Morgan fingerprint density at radius 1 is 1.38 bits per heavy atom. The number of hydrazine groups is 1. The molecule has 0 saturated heterocycles. The number of hydrogen-bond donors (Lipinski definition) is 3. The van der Waals surface area contributed by atoms with E-state index in [1.54, 1.807) is 7.11 Å². The Morgan fingerprint density at radius 3 is 2.38 bits per heavy atom. The van der Waals surface area contributed by atoms with Crippen molar-refractivity contribution in [2.75, 3.05) is 13.7 Å². The van der Waals surface area contributed by atoms with Gasteiger partial charge in [-0.25, -0.2) is 10.8 Å². The lowest BCUT2D eigenvalue weighted by molar-refractivity contribution is 0.179. The zero-order chi connectivity index (χ0) is 12.6. The second-order valence-corrected chi connectivity index (χ2v) is 4.34. The fraction of sp³-hybridized carbons (Fsp3) is 0.909. The van der Waals surface area contributed by atoms with Crippen LogP contribution in [0.1, 0.15) is 34.1 Å². The maximum atomic E-state index is 5.44. The zero-order valence-corrected chi connectivity index (χ0v) is 11.1. The number of nitrogens with zero attached hydrogens (tertiary/aromatic N) is 1. The Labute approximate surface area is 98.8 Å². The average Bonchev–Trinajstić information content (AvgIpc) is 2.23. The van der Waals surface area contributed by atoms with Crippen molar-refractivity contribution >= 4 is 5.96 Å². The van der Waals surface area contributed by atoms with Crippen LogP contribution < -0.4 is 16.6 Å². The minimum Gasteiger partial charge on any atom is -0.383 e. The van der Waals surface area contributed by atoms with E-state index in [4.69, 9.17) is 10.6 Å². The molecule has 0 amide bonds. The SMILES string of the molecule is CCC(N=C(NN)NC(C)COC)C(C)C. The molecule has 0 rings (SSSR count). The van der Waals surface area contributed by atoms with E-state index in [0.717, 1.165) is 6.42 Å². The van der Waals surface area contributed by atoms with Crippen LogP contribution in [0.2, 0.25) is 0 Å². The lowest BCUT2D eigenvalue weighted by Crippen LogP contribution is -2.47. The molecule has 0 radical (unpaired) electrons. The van der Waals surface area contributed by atoms with Gasteiger partial charge >= 0.3 is 0 Å². The summed E-state index contributed by atoms with van der Waals surface area (Å²) in [5.74, 6) is 6.57. The Hall–Kier alpha value is -0.810. The molecule has 5 heteroatoms. The van der Waals surface area contributed by atoms with Gasteiger partial charge in [-0.15, -0.1) is 0 Å². The van der Waals surface area contributed by atoms with Crippen LogP contribution in [0.25, 0.3) is 0 Å². The summed E-state index contributed by atoms with van der Waals surface area (Å²) in [6, 6.07) is 0.470. The smallest absolute Gasteiger partial charge is 0.206 e. The van der Waals surface area contributed by atoms with E-state index in [2.05, 4.69) is 36.5 Å². The zero-order valence-electron chi connectivity index (χ0n) is 11.1. The third-order valence-electron chi connectivity index (χ3n) is 2.42. The summed E-state index contributed by atoms with van der Waals surface area (Å²) in [7, 11) is 1.67. The third kappa shape index (κ3) is 5.92. The van der Waals surface area contributed by atoms with Crippen LogP contribution in [0.3, 0.4) is 0 Å². The highest BCUT2D eigenvalue weighted by Gasteiger charge is 2.11. The Kier molecular flexibility index (Phi) is 7.93. The van der Waals surface area contributed by atoms with Crippen LogP contribution in [0, 0.1) is 5.92 Å². The molecule has 16 heavy (non-hydrogen) atoms. The third-order valence-corrected chi connectivity index (χ3v) is 2.42. The molecule has 2 atom stereocenters. The van der Waals surface area contributed by atoms with Gasteiger partial charge in [0, 0.05) is 13.2 Å². The number of methoxy groups -OCH3 is 1. The molecule has 0 aliphatic heterocycles. The summed E-state index contributed by atoms with van der Waals surface area (Å²) in [5.41, 5.74) is 2.59. The highest BCUT2D eigenvalue weighted by atomic mass is 16.5. The quantitative estimate of drug-likeness (QED) is 0.274. The molecule has 0 heterocycles. The van der Waals surface area contributed by atoms with E-state index in [1.165, 1.54) is 0 Å². The number of guanidine groups is 1. The molecule has 0 saturated carbocycles. The van der Waals surface area contributed by atoms with E-state index in [0.29, 0.717) is 18.5 Å². The molecule has 4 N–H and O–H groups in total. The van der Waals surface area contributed by atoms with Gasteiger partial charge in [-0.05, 0) is 19.3 Å². The minimum absolute atomic E-state index is 0.185.